The largest absolute Gasteiger partial charge is 0.379 e. The predicted molar refractivity (Wildman–Crippen MR) is 132 cm³/mol. The number of aryl methyl sites for hydroxylation is 1. The summed E-state index contributed by atoms with van der Waals surface area (Å²) < 4.78 is 33.8. The summed E-state index contributed by atoms with van der Waals surface area (Å²) in [5, 5.41) is 3.09. The van der Waals surface area contributed by atoms with E-state index in [1.165, 1.54) is 12.1 Å². The number of nitrogens with zero attached hydrogens (tertiary/aromatic N) is 1. The Morgan fingerprint density at radius 1 is 0.971 bits per heavy atom. The molecule has 1 saturated heterocycles. The molecule has 1 aliphatic heterocycles. The van der Waals surface area contributed by atoms with Crippen LogP contribution in [0.15, 0.2) is 83.8 Å². The molecule has 3 aromatic rings. The number of amides is 1. The topological polar surface area (TPSA) is 87.7 Å². The summed E-state index contributed by atoms with van der Waals surface area (Å²) in [5.74, 6) is -0.325. The van der Waals surface area contributed by atoms with Crippen LogP contribution >= 0.6 is 0 Å². The summed E-state index contributed by atoms with van der Waals surface area (Å²) in [6.07, 6.45) is 0. The molecule has 1 heterocycles. The zero-order valence-electron chi connectivity index (χ0n) is 19.1. The Morgan fingerprint density at radius 3 is 2.38 bits per heavy atom. The molecule has 0 bridgehead atoms. The Bertz CT molecular complexity index is 1210. The molecule has 4 rings (SSSR count). The second-order valence-corrected chi connectivity index (χ2v) is 10.0. The van der Waals surface area contributed by atoms with E-state index < -0.39 is 10.0 Å². The molecule has 0 saturated carbocycles. The third kappa shape index (κ3) is 6.22. The van der Waals surface area contributed by atoms with E-state index in [9.17, 15) is 13.2 Å². The van der Waals surface area contributed by atoms with Gasteiger partial charge in [0.2, 0.25) is 0 Å². The Balaban J connectivity index is 1.52. The average molecular weight is 480 g/mol. The van der Waals surface area contributed by atoms with Gasteiger partial charge in [-0.2, -0.15) is 0 Å². The first-order chi connectivity index (χ1) is 16.4. The first-order valence-electron chi connectivity index (χ1n) is 11.3. The summed E-state index contributed by atoms with van der Waals surface area (Å²) in [6.45, 7) is 5.52. The van der Waals surface area contributed by atoms with Crippen LogP contribution in [0.5, 0.6) is 0 Å². The van der Waals surface area contributed by atoms with Gasteiger partial charge in [0.15, 0.2) is 0 Å². The standard InChI is InChI=1S/C26H29N3O4S/c1-20-10-12-23(13-11-20)28-34(31,32)24-9-5-8-22(18-24)26(30)27-25(21-6-3-2-4-7-21)19-29-14-16-33-17-15-29/h2-13,18,25,28H,14-17,19H2,1H3,(H,27,30)/t25-/m0/s1. The van der Waals surface area contributed by atoms with E-state index in [0.29, 0.717) is 25.4 Å². The zero-order valence-corrected chi connectivity index (χ0v) is 19.9. The fourth-order valence-electron chi connectivity index (χ4n) is 3.84. The van der Waals surface area contributed by atoms with Gasteiger partial charge in [0, 0.05) is 30.9 Å². The number of benzene rings is 3. The molecule has 0 spiro atoms. The zero-order chi connectivity index (χ0) is 24.0. The Labute approximate surface area is 200 Å². The van der Waals surface area contributed by atoms with Crippen LogP contribution in [0.4, 0.5) is 5.69 Å². The van der Waals surface area contributed by atoms with Gasteiger partial charge in [-0.25, -0.2) is 8.42 Å². The molecule has 178 valence electrons. The first kappa shape index (κ1) is 23.9. The van der Waals surface area contributed by atoms with E-state index >= 15 is 0 Å². The highest BCUT2D eigenvalue weighted by molar-refractivity contribution is 7.92. The number of rotatable bonds is 8. The van der Waals surface area contributed by atoms with Gasteiger partial charge in [-0.1, -0.05) is 54.1 Å². The molecule has 0 radical (unpaired) electrons. The van der Waals surface area contributed by atoms with Crippen LogP contribution in [0.3, 0.4) is 0 Å². The molecule has 1 aliphatic rings. The number of anilines is 1. The Hall–Kier alpha value is -3.20. The van der Waals surface area contributed by atoms with E-state index in [2.05, 4.69) is 14.9 Å². The third-order valence-electron chi connectivity index (χ3n) is 5.76. The summed E-state index contributed by atoms with van der Waals surface area (Å²) in [7, 11) is -3.84. The summed E-state index contributed by atoms with van der Waals surface area (Å²) >= 11 is 0. The van der Waals surface area contributed by atoms with E-state index in [0.717, 1.165) is 24.2 Å². The lowest BCUT2D eigenvalue weighted by atomic mass is 10.1. The van der Waals surface area contributed by atoms with Crippen molar-refractivity contribution >= 4 is 21.6 Å². The van der Waals surface area contributed by atoms with Crippen molar-refractivity contribution in [3.63, 3.8) is 0 Å². The molecule has 3 aromatic carbocycles. The molecule has 34 heavy (non-hydrogen) atoms. The van der Waals surface area contributed by atoms with Gasteiger partial charge in [-0.3, -0.25) is 14.4 Å². The van der Waals surface area contributed by atoms with Crippen LogP contribution in [-0.4, -0.2) is 52.1 Å². The van der Waals surface area contributed by atoms with E-state index in [1.54, 1.807) is 24.3 Å². The number of sulfonamides is 1. The monoisotopic (exact) mass is 479 g/mol. The lowest BCUT2D eigenvalue weighted by Gasteiger charge is -2.31. The molecule has 7 nitrogen and oxygen atoms in total. The minimum absolute atomic E-state index is 0.0326. The van der Waals surface area contributed by atoms with Crippen molar-refractivity contribution in [1.82, 2.24) is 10.2 Å². The number of carbonyl (C=O) groups excluding carboxylic acids is 1. The number of hydrogen-bond acceptors (Lipinski definition) is 5. The predicted octanol–water partition coefficient (Wildman–Crippen LogP) is 3.60. The SMILES string of the molecule is Cc1ccc(NS(=O)(=O)c2cccc(C(=O)N[C@@H](CN3CCOCC3)c3ccccc3)c2)cc1. The van der Waals surface area contributed by atoms with Crippen molar-refractivity contribution in [3.8, 4) is 0 Å². The summed E-state index contributed by atoms with van der Waals surface area (Å²) in [4.78, 5) is 15.5. The van der Waals surface area contributed by atoms with Gasteiger partial charge < -0.3 is 10.1 Å². The van der Waals surface area contributed by atoms with Crippen molar-refractivity contribution < 1.29 is 17.9 Å². The maximum absolute atomic E-state index is 13.2. The van der Waals surface area contributed by atoms with E-state index in [4.69, 9.17) is 4.74 Å². The van der Waals surface area contributed by atoms with Gasteiger partial charge in [-0.15, -0.1) is 0 Å². The molecule has 8 heteroatoms. The summed E-state index contributed by atoms with van der Waals surface area (Å²) in [6, 6.07) is 22.7. The maximum Gasteiger partial charge on any atom is 0.261 e. The van der Waals surface area contributed by atoms with Gasteiger partial charge in [0.05, 0.1) is 24.2 Å². The van der Waals surface area contributed by atoms with E-state index in [1.807, 2.05) is 49.4 Å². The van der Waals surface area contributed by atoms with Gasteiger partial charge in [-0.05, 0) is 42.8 Å². The maximum atomic E-state index is 13.2. The van der Waals surface area contributed by atoms with Gasteiger partial charge >= 0.3 is 0 Å². The van der Waals surface area contributed by atoms with Crippen molar-refractivity contribution in [2.45, 2.75) is 17.9 Å². The number of hydrogen-bond donors (Lipinski definition) is 2. The molecule has 1 atom stereocenters. The lowest BCUT2D eigenvalue weighted by molar-refractivity contribution is 0.0332. The fourth-order valence-corrected chi connectivity index (χ4v) is 4.95. The van der Waals surface area contributed by atoms with Crippen LogP contribution in [0.25, 0.3) is 0 Å². The molecule has 2 N–H and O–H groups in total. The fraction of sp³-hybridized carbons (Fsp3) is 0.269. The Kier molecular flexibility index (Phi) is 7.62. The molecule has 1 amide bonds. The molecular weight excluding hydrogens is 450 g/mol. The number of morpholine rings is 1. The second kappa shape index (κ2) is 10.8. The highest BCUT2D eigenvalue weighted by Crippen LogP contribution is 2.20. The summed E-state index contributed by atoms with van der Waals surface area (Å²) in [5.41, 5.74) is 2.78. The highest BCUT2D eigenvalue weighted by atomic mass is 32.2. The molecule has 0 aromatic heterocycles. The van der Waals surface area contributed by atoms with Crippen molar-refractivity contribution in [1.29, 1.82) is 0 Å². The minimum atomic E-state index is -3.84. The minimum Gasteiger partial charge on any atom is -0.379 e. The third-order valence-corrected chi connectivity index (χ3v) is 7.14. The lowest BCUT2D eigenvalue weighted by Crippen LogP contribution is -2.43. The average Bonchev–Trinajstić information content (AvgIpc) is 2.86. The first-order valence-corrected chi connectivity index (χ1v) is 12.7. The molecule has 1 fully saturated rings. The van der Waals surface area contributed by atoms with Crippen molar-refractivity contribution in [3.05, 3.63) is 95.6 Å². The smallest absolute Gasteiger partial charge is 0.261 e. The number of ether oxygens (including phenoxy) is 1. The van der Waals surface area contributed by atoms with Crippen molar-refractivity contribution in [2.24, 2.45) is 0 Å². The van der Waals surface area contributed by atoms with Crippen LogP contribution in [-0.2, 0) is 14.8 Å². The van der Waals surface area contributed by atoms with Crippen LogP contribution in [0.1, 0.15) is 27.5 Å². The highest BCUT2D eigenvalue weighted by Gasteiger charge is 2.22. The van der Waals surface area contributed by atoms with Crippen LogP contribution in [0, 0.1) is 6.92 Å². The second-order valence-electron chi connectivity index (χ2n) is 8.35. The Morgan fingerprint density at radius 2 is 1.68 bits per heavy atom. The molecule has 0 unspecified atom stereocenters. The number of nitrogens with one attached hydrogen (secondary N) is 2. The van der Waals surface area contributed by atoms with Crippen molar-refractivity contribution in [2.75, 3.05) is 37.6 Å². The molecular formula is C26H29N3O4S. The quantitative estimate of drug-likeness (QED) is 0.516. The van der Waals surface area contributed by atoms with E-state index in [-0.39, 0.29) is 22.4 Å². The normalized spacial score (nSPS) is 15.4. The van der Waals surface area contributed by atoms with Gasteiger partial charge in [0.25, 0.3) is 15.9 Å². The van der Waals surface area contributed by atoms with Crippen LogP contribution in [0.2, 0.25) is 0 Å². The van der Waals surface area contributed by atoms with Crippen LogP contribution < -0.4 is 10.0 Å². The van der Waals surface area contributed by atoms with Gasteiger partial charge in [0.1, 0.15) is 0 Å². The number of carbonyl (C=O) groups is 1. The molecule has 0 aliphatic carbocycles.